The minimum atomic E-state index is -0.0575. The van der Waals surface area contributed by atoms with Crippen molar-refractivity contribution in [1.82, 2.24) is 10.2 Å². The molecule has 0 aliphatic rings. The van der Waals surface area contributed by atoms with Gasteiger partial charge in [0, 0.05) is 10.5 Å². The zero-order chi connectivity index (χ0) is 13.1. The number of nitrogens with two attached hydrogens (primary N) is 1. The highest BCUT2D eigenvalue weighted by molar-refractivity contribution is 9.10. The molecule has 0 bridgehead atoms. The van der Waals surface area contributed by atoms with Crippen LogP contribution >= 0.6 is 15.9 Å². The molecule has 1 atom stereocenters. The summed E-state index contributed by atoms with van der Waals surface area (Å²) in [5, 5.41) is 8.15. The number of rotatable bonds is 3. The van der Waals surface area contributed by atoms with Crippen molar-refractivity contribution in [2.24, 2.45) is 5.73 Å². The maximum absolute atomic E-state index is 6.28. The summed E-state index contributed by atoms with van der Waals surface area (Å²) in [7, 11) is 0. The number of nitrogens with zero attached hydrogens (tertiary/aromatic N) is 2. The predicted molar refractivity (Wildman–Crippen MR) is 76.3 cm³/mol. The van der Waals surface area contributed by atoms with Gasteiger partial charge in [0.15, 0.2) is 0 Å². The highest BCUT2D eigenvalue weighted by Crippen LogP contribution is 2.23. The molecular weight excluding hydrogens is 290 g/mol. The number of hydrogen-bond donors (Lipinski definition) is 1. The Morgan fingerprint density at radius 1 is 1.22 bits per heavy atom. The quantitative estimate of drug-likeness (QED) is 0.948. The van der Waals surface area contributed by atoms with Crippen molar-refractivity contribution in [3.8, 4) is 0 Å². The lowest BCUT2D eigenvalue weighted by Crippen LogP contribution is -2.16. The second-order valence-electron chi connectivity index (χ2n) is 4.43. The molecule has 18 heavy (non-hydrogen) atoms. The molecule has 0 saturated heterocycles. The van der Waals surface area contributed by atoms with Gasteiger partial charge in [-0.05, 0) is 43.5 Å². The summed E-state index contributed by atoms with van der Waals surface area (Å²) in [5.74, 6) is 0. The molecule has 2 rings (SSSR count). The van der Waals surface area contributed by atoms with Gasteiger partial charge in [-0.3, -0.25) is 0 Å². The van der Waals surface area contributed by atoms with E-state index in [1.807, 2.05) is 38.1 Å². The molecule has 0 aliphatic heterocycles. The number of halogens is 1. The Morgan fingerprint density at radius 2 is 1.94 bits per heavy atom. The second-order valence-corrected chi connectivity index (χ2v) is 5.28. The molecule has 0 amide bonds. The molecule has 3 nitrogen and oxygen atoms in total. The number of aryl methyl sites for hydroxylation is 2. The first-order chi connectivity index (χ1) is 8.58. The Hall–Kier alpha value is -1.26. The fourth-order valence-electron chi connectivity index (χ4n) is 1.96. The van der Waals surface area contributed by atoms with Gasteiger partial charge in [0.1, 0.15) is 0 Å². The summed E-state index contributed by atoms with van der Waals surface area (Å²) >= 11 is 3.55. The number of benzene rings is 1. The number of hydrogen-bond acceptors (Lipinski definition) is 3. The van der Waals surface area contributed by atoms with E-state index in [1.54, 1.807) is 0 Å². The minimum Gasteiger partial charge on any atom is -0.324 e. The van der Waals surface area contributed by atoms with Crippen LogP contribution in [0.2, 0.25) is 0 Å². The van der Waals surface area contributed by atoms with Crippen LogP contribution in [-0.2, 0) is 6.42 Å². The fourth-order valence-corrected chi connectivity index (χ4v) is 2.40. The van der Waals surface area contributed by atoms with Crippen molar-refractivity contribution in [2.75, 3.05) is 0 Å². The van der Waals surface area contributed by atoms with Crippen LogP contribution in [0.1, 0.15) is 28.6 Å². The van der Waals surface area contributed by atoms with Gasteiger partial charge in [-0.2, -0.15) is 10.2 Å². The molecule has 4 heteroatoms. The molecule has 1 aromatic heterocycles. The van der Waals surface area contributed by atoms with E-state index in [0.29, 0.717) is 0 Å². The van der Waals surface area contributed by atoms with Gasteiger partial charge in [-0.15, -0.1) is 0 Å². The molecule has 0 radical (unpaired) electrons. The first-order valence-electron chi connectivity index (χ1n) is 5.87. The highest BCUT2D eigenvalue weighted by Gasteiger charge is 2.13. The van der Waals surface area contributed by atoms with E-state index in [9.17, 15) is 0 Å². The van der Waals surface area contributed by atoms with Crippen molar-refractivity contribution >= 4 is 15.9 Å². The van der Waals surface area contributed by atoms with E-state index >= 15 is 0 Å². The monoisotopic (exact) mass is 305 g/mol. The molecule has 0 fully saturated rings. The molecular formula is C14H16BrN3. The second kappa shape index (κ2) is 5.59. The lowest BCUT2D eigenvalue weighted by Gasteiger charge is -2.15. The zero-order valence-electron chi connectivity index (χ0n) is 10.5. The summed E-state index contributed by atoms with van der Waals surface area (Å²) in [4.78, 5) is 0. The van der Waals surface area contributed by atoms with Gasteiger partial charge in [-0.25, -0.2) is 0 Å². The smallest absolute Gasteiger partial charge is 0.0648 e. The Labute approximate surface area is 116 Å². The lowest BCUT2D eigenvalue weighted by atomic mass is 9.99. The first kappa shape index (κ1) is 13.2. The van der Waals surface area contributed by atoms with Crippen molar-refractivity contribution in [3.63, 3.8) is 0 Å². The SMILES string of the molecule is Cc1cc(C(N)Cc2ccccc2Br)c(C)nn1. The minimum absolute atomic E-state index is 0.0575. The summed E-state index contributed by atoms with van der Waals surface area (Å²) in [6, 6.07) is 10.1. The summed E-state index contributed by atoms with van der Waals surface area (Å²) < 4.78 is 1.09. The van der Waals surface area contributed by atoms with Crippen LogP contribution < -0.4 is 5.73 Å². The first-order valence-corrected chi connectivity index (χ1v) is 6.67. The van der Waals surface area contributed by atoms with E-state index in [1.165, 1.54) is 5.56 Å². The molecule has 0 aliphatic carbocycles. The van der Waals surface area contributed by atoms with Crippen molar-refractivity contribution in [1.29, 1.82) is 0 Å². The topological polar surface area (TPSA) is 51.8 Å². The average Bonchev–Trinajstić information content (AvgIpc) is 2.35. The molecule has 2 aromatic rings. The van der Waals surface area contributed by atoms with Crippen molar-refractivity contribution < 1.29 is 0 Å². The van der Waals surface area contributed by atoms with Crippen LogP contribution in [0.15, 0.2) is 34.8 Å². The summed E-state index contributed by atoms with van der Waals surface area (Å²) in [6.07, 6.45) is 0.785. The average molecular weight is 306 g/mol. The molecule has 2 N–H and O–H groups in total. The van der Waals surface area contributed by atoms with E-state index in [2.05, 4.69) is 32.2 Å². The van der Waals surface area contributed by atoms with Gasteiger partial charge in [0.25, 0.3) is 0 Å². The third kappa shape index (κ3) is 2.94. The van der Waals surface area contributed by atoms with Gasteiger partial charge in [-0.1, -0.05) is 34.1 Å². The Kier molecular flexibility index (Phi) is 4.09. The number of aromatic nitrogens is 2. The van der Waals surface area contributed by atoms with Gasteiger partial charge in [0.05, 0.1) is 11.4 Å². The Morgan fingerprint density at radius 3 is 2.67 bits per heavy atom. The molecule has 0 spiro atoms. The maximum Gasteiger partial charge on any atom is 0.0648 e. The van der Waals surface area contributed by atoms with Gasteiger partial charge >= 0.3 is 0 Å². The summed E-state index contributed by atoms with van der Waals surface area (Å²) in [6.45, 7) is 3.88. The van der Waals surface area contributed by atoms with Crippen LogP contribution in [0.3, 0.4) is 0 Å². The van der Waals surface area contributed by atoms with Gasteiger partial charge < -0.3 is 5.73 Å². The highest BCUT2D eigenvalue weighted by atomic mass is 79.9. The Bertz CT molecular complexity index is 554. The maximum atomic E-state index is 6.28. The predicted octanol–water partition coefficient (Wildman–Crippen LogP) is 3.10. The normalized spacial score (nSPS) is 12.4. The van der Waals surface area contributed by atoms with E-state index in [4.69, 9.17) is 5.73 Å². The third-order valence-corrected chi connectivity index (χ3v) is 3.71. The van der Waals surface area contributed by atoms with Crippen molar-refractivity contribution in [3.05, 3.63) is 57.3 Å². The van der Waals surface area contributed by atoms with Gasteiger partial charge in [0.2, 0.25) is 0 Å². The van der Waals surface area contributed by atoms with E-state index in [-0.39, 0.29) is 6.04 Å². The molecule has 1 aromatic carbocycles. The standard InChI is InChI=1S/C14H16BrN3/c1-9-7-12(10(2)18-17-9)14(16)8-11-5-3-4-6-13(11)15/h3-7,14H,8,16H2,1-2H3. The largest absolute Gasteiger partial charge is 0.324 e. The van der Waals surface area contributed by atoms with E-state index in [0.717, 1.165) is 27.8 Å². The van der Waals surface area contributed by atoms with Crippen LogP contribution in [0.4, 0.5) is 0 Å². The molecule has 0 saturated carbocycles. The summed E-state index contributed by atoms with van der Waals surface area (Å²) in [5.41, 5.74) is 10.4. The Balaban J connectivity index is 2.25. The van der Waals surface area contributed by atoms with Crippen LogP contribution in [-0.4, -0.2) is 10.2 Å². The van der Waals surface area contributed by atoms with Crippen molar-refractivity contribution in [2.45, 2.75) is 26.3 Å². The lowest BCUT2D eigenvalue weighted by molar-refractivity contribution is 0.698. The zero-order valence-corrected chi connectivity index (χ0v) is 12.1. The molecule has 1 heterocycles. The van der Waals surface area contributed by atoms with Crippen LogP contribution in [0, 0.1) is 13.8 Å². The van der Waals surface area contributed by atoms with Crippen LogP contribution in [0.5, 0.6) is 0 Å². The van der Waals surface area contributed by atoms with Crippen LogP contribution in [0.25, 0.3) is 0 Å². The van der Waals surface area contributed by atoms with E-state index < -0.39 is 0 Å². The third-order valence-electron chi connectivity index (χ3n) is 2.94. The molecule has 94 valence electrons. The fraction of sp³-hybridized carbons (Fsp3) is 0.286. The molecule has 1 unspecified atom stereocenters.